The lowest BCUT2D eigenvalue weighted by molar-refractivity contribution is 0.0342. The molecule has 2 aromatic carbocycles. The van der Waals surface area contributed by atoms with Crippen molar-refractivity contribution < 1.29 is 14.3 Å². The van der Waals surface area contributed by atoms with E-state index in [4.69, 9.17) is 4.74 Å². The van der Waals surface area contributed by atoms with Crippen LogP contribution in [0.1, 0.15) is 47.1 Å². The molecule has 0 radical (unpaired) electrons. The second-order valence-electron chi connectivity index (χ2n) is 8.29. The molecule has 0 aliphatic carbocycles. The van der Waals surface area contributed by atoms with Crippen LogP contribution in [0.2, 0.25) is 0 Å². The van der Waals surface area contributed by atoms with Gasteiger partial charge in [-0.05, 0) is 50.6 Å². The van der Waals surface area contributed by atoms with Crippen LogP contribution in [0.15, 0.2) is 48.5 Å². The Morgan fingerprint density at radius 1 is 1.00 bits per heavy atom. The quantitative estimate of drug-likeness (QED) is 0.815. The number of carbonyl (C=O) groups is 2. The zero-order chi connectivity index (χ0) is 20.9. The zero-order valence-corrected chi connectivity index (χ0v) is 17.3. The van der Waals surface area contributed by atoms with Crippen LogP contribution in [-0.4, -0.2) is 48.6 Å². The highest BCUT2D eigenvalue weighted by Crippen LogP contribution is 2.18. The van der Waals surface area contributed by atoms with Crippen molar-refractivity contribution in [3.05, 3.63) is 65.2 Å². The molecular weight excluding hydrogens is 366 g/mol. The number of benzene rings is 2. The van der Waals surface area contributed by atoms with E-state index in [0.717, 1.165) is 38.4 Å². The molecule has 0 aromatic heterocycles. The van der Waals surface area contributed by atoms with Crippen molar-refractivity contribution in [3.8, 4) is 0 Å². The molecule has 2 N–H and O–H groups in total. The third kappa shape index (κ3) is 6.14. The molecule has 6 nitrogen and oxygen atoms in total. The minimum atomic E-state index is -0.359. The van der Waals surface area contributed by atoms with Crippen molar-refractivity contribution >= 4 is 17.5 Å². The second kappa shape index (κ2) is 9.20. The van der Waals surface area contributed by atoms with Crippen molar-refractivity contribution in [2.24, 2.45) is 0 Å². The van der Waals surface area contributed by atoms with Gasteiger partial charge in [-0.2, -0.15) is 0 Å². The first-order valence-corrected chi connectivity index (χ1v) is 9.94. The number of anilines is 1. The number of hydrogen-bond acceptors (Lipinski definition) is 4. The number of hydrogen-bond donors (Lipinski definition) is 2. The number of nitrogens with one attached hydrogen (secondary N) is 2. The van der Waals surface area contributed by atoms with Gasteiger partial charge in [0, 0.05) is 30.7 Å². The van der Waals surface area contributed by atoms with Gasteiger partial charge in [0.2, 0.25) is 0 Å². The van der Waals surface area contributed by atoms with Crippen molar-refractivity contribution in [2.45, 2.75) is 32.9 Å². The fourth-order valence-corrected chi connectivity index (χ4v) is 3.22. The van der Waals surface area contributed by atoms with E-state index >= 15 is 0 Å². The standard InChI is InChI=1S/C23H29N3O3/c1-23(2,3)25-22(28)19-9-4-5-10-20(19)24-21(27)18-8-6-7-17(15-18)16-26-11-13-29-14-12-26/h4-10,15H,11-14,16H2,1-3H3,(H,24,27)(H,25,28). The average molecular weight is 396 g/mol. The van der Waals surface area contributed by atoms with Crippen molar-refractivity contribution in [2.75, 3.05) is 31.6 Å². The van der Waals surface area contributed by atoms with E-state index in [1.807, 2.05) is 39.0 Å². The van der Waals surface area contributed by atoms with Crippen LogP contribution in [0.3, 0.4) is 0 Å². The van der Waals surface area contributed by atoms with Gasteiger partial charge in [0.05, 0.1) is 24.5 Å². The summed E-state index contributed by atoms with van der Waals surface area (Å²) in [6.07, 6.45) is 0. The first kappa shape index (κ1) is 21.0. The Balaban J connectivity index is 1.72. The highest BCUT2D eigenvalue weighted by atomic mass is 16.5. The van der Waals surface area contributed by atoms with E-state index in [0.29, 0.717) is 16.8 Å². The topological polar surface area (TPSA) is 70.7 Å². The van der Waals surface area contributed by atoms with Crippen molar-refractivity contribution in [1.82, 2.24) is 10.2 Å². The first-order chi connectivity index (χ1) is 13.8. The number of nitrogens with zero attached hydrogens (tertiary/aromatic N) is 1. The molecule has 0 saturated carbocycles. The van der Waals surface area contributed by atoms with Gasteiger partial charge in [-0.1, -0.05) is 24.3 Å². The zero-order valence-electron chi connectivity index (χ0n) is 17.3. The Bertz CT molecular complexity index is 868. The number of amides is 2. The minimum absolute atomic E-state index is 0.213. The summed E-state index contributed by atoms with van der Waals surface area (Å²) in [5, 5.41) is 5.83. The molecule has 2 amide bonds. The first-order valence-electron chi connectivity index (χ1n) is 9.94. The van der Waals surface area contributed by atoms with E-state index in [1.165, 1.54) is 0 Å². The summed E-state index contributed by atoms with van der Waals surface area (Å²) < 4.78 is 5.39. The number of para-hydroxylation sites is 1. The Labute approximate surface area is 172 Å². The van der Waals surface area contributed by atoms with Crippen LogP contribution >= 0.6 is 0 Å². The van der Waals surface area contributed by atoms with Gasteiger partial charge >= 0.3 is 0 Å². The van der Waals surface area contributed by atoms with Crippen molar-refractivity contribution in [3.63, 3.8) is 0 Å². The predicted molar refractivity (Wildman–Crippen MR) is 114 cm³/mol. The SMILES string of the molecule is CC(C)(C)NC(=O)c1ccccc1NC(=O)c1cccc(CN2CCOCC2)c1. The largest absolute Gasteiger partial charge is 0.379 e. The Morgan fingerprint density at radius 2 is 1.72 bits per heavy atom. The summed E-state index contributed by atoms with van der Waals surface area (Å²) in [7, 11) is 0. The molecule has 0 bridgehead atoms. The smallest absolute Gasteiger partial charge is 0.255 e. The fraction of sp³-hybridized carbons (Fsp3) is 0.391. The lowest BCUT2D eigenvalue weighted by atomic mass is 10.1. The van der Waals surface area contributed by atoms with Gasteiger partial charge in [0.15, 0.2) is 0 Å². The van der Waals surface area contributed by atoms with Crippen molar-refractivity contribution in [1.29, 1.82) is 0 Å². The molecule has 2 aromatic rings. The highest BCUT2D eigenvalue weighted by molar-refractivity contribution is 6.09. The maximum atomic E-state index is 12.8. The summed E-state index contributed by atoms with van der Waals surface area (Å²) >= 11 is 0. The van der Waals surface area contributed by atoms with E-state index in [-0.39, 0.29) is 17.4 Å². The molecule has 29 heavy (non-hydrogen) atoms. The molecule has 1 saturated heterocycles. The van der Waals surface area contributed by atoms with Gasteiger partial charge in [-0.25, -0.2) is 0 Å². The number of ether oxygens (including phenoxy) is 1. The maximum absolute atomic E-state index is 12.8. The molecule has 1 aliphatic heterocycles. The fourth-order valence-electron chi connectivity index (χ4n) is 3.22. The Morgan fingerprint density at radius 3 is 2.45 bits per heavy atom. The third-order valence-corrected chi connectivity index (χ3v) is 4.61. The Kier molecular flexibility index (Phi) is 6.67. The number of carbonyl (C=O) groups excluding carboxylic acids is 2. The molecule has 1 heterocycles. The molecule has 154 valence electrons. The molecule has 1 aliphatic rings. The second-order valence-corrected chi connectivity index (χ2v) is 8.29. The average Bonchev–Trinajstić information content (AvgIpc) is 2.68. The molecule has 1 fully saturated rings. The minimum Gasteiger partial charge on any atom is -0.379 e. The molecule has 0 spiro atoms. The van der Waals surface area contributed by atoms with Crippen LogP contribution in [-0.2, 0) is 11.3 Å². The Hall–Kier alpha value is -2.70. The summed E-state index contributed by atoms with van der Waals surface area (Å²) in [5.74, 6) is -0.445. The van der Waals surface area contributed by atoms with Crippen LogP contribution in [0.4, 0.5) is 5.69 Å². The molecular formula is C23H29N3O3. The maximum Gasteiger partial charge on any atom is 0.255 e. The molecule has 0 unspecified atom stereocenters. The highest BCUT2D eigenvalue weighted by Gasteiger charge is 2.19. The van der Waals surface area contributed by atoms with Gasteiger partial charge in [-0.3, -0.25) is 14.5 Å². The van der Waals surface area contributed by atoms with Gasteiger partial charge in [0.1, 0.15) is 0 Å². The molecule has 6 heteroatoms. The van der Waals surface area contributed by atoms with Gasteiger partial charge < -0.3 is 15.4 Å². The van der Waals surface area contributed by atoms with E-state index < -0.39 is 0 Å². The summed E-state index contributed by atoms with van der Waals surface area (Å²) in [6, 6.07) is 14.7. The number of morpholine rings is 1. The monoisotopic (exact) mass is 395 g/mol. The van der Waals surface area contributed by atoms with E-state index in [1.54, 1.807) is 30.3 Å². The van der Waals surface area contributed by atoms with Crippen LogP contribution in [0.5, 0.6) is 0 Å². The van der Waals surface area contributed by atoms with Gasteiger partial charge in [0.25, 0.3) is 11.8 Å². The van der Waals surface area contributed by atoms with Crippen LogP contribution in [0.25, 0.3) is 0 Å². The molecule has 0 atom stereocenters. The normalized spacial score (nSPS) is 15.0. The lowest BCUT2D eigenvalue weighted by Crippen LogP contribution is -2.40. The van der Waals surface area contributed by atoms with E-state index in [2.05, 4.69) is 15.5 Å². The van der Waals surface area contributed by atoms with Gasteiger partial charge in [-0.15, -0.1) is 0 Å². The van der Waals surface area contributed by atoms with Crippen LogP contribution < -0.4 is 10.6 Å². The van der Waals surface area contributed by atoms with Crippen LogP contribution in [0, 0.1) is 0 Å². The predicted octanol–water partition coefficient (Wildman–Crippen LogP) is 3.30. The lowest BCUT2D eigenvalue weighted by Gasteiger charge is -2.26. The third-order valence-electron chi connectivity index (χ3n) is 4.61. The summed E-state index contributed by atoms with van der Waals surface area (Å²) in [4.78, 5) is 27.8. The number of rotatable bonds is 5. The summed E-state index contributed by atoms with van der Waals surface area (Å²) in [5.41, 5.74) is 2.24. The van der Waals surface area contributed by atoms with E-state index in [9.17, 15) is 9.59 Å². The molecule has 3 rings (SSSR count). The summed E-state index contributed by atoms with van der Waals surface area (Å²) in [6.45, 7) is 9.83.